The standard InChI is InChI=1S/C17H20N2O2S/c1-3-19-8-4-5-14-9-13(6-7-17(14)19)15-10-16(12-18-11-15)22(2,20)21/h6-7,9-12H,3-5,8H2,1-2H3. The van der Waals surface area contributed by atoms with E-state index in [9.17, 15) is 8.42 Å². The van der Waals surface area contributed by atoms with E-state index in [0.717, 1.165) is 37.1 Å². The van der Waals surface area contributed by atoms with Crippen molar-refractivity contribution in [2.24, 2.45) is 0 Å². The molecule has 0 atom stereocenters. The SMILES string of the molecule is CCN1CCCc2cc(-c3cncc(S(C)(=O)=O)c3)ccc21. The van der Waals surface area contributed by atoms with Gasteiger partial charge in [0.1, 0.15) is 0 Å². The van der Waals surface area contributed by atoms with E-state index in [0.29, 0.717) is 0 Å². The van der Waals surface area contributed by atoms with Crippen LogP contribution in [0.1, 0.15) is 18.9 Å². The zero-order valence-electron chi connectivity index (χ0n) is 12.9. The first-order valence-corrected chi connectivity index (χ1v) is 9.41. The molecule has 0 spiro atoms. The van der Waals surface area contributed by atoms with Gasteiger partial charge in [-0.05, 0) is 49.1 Å². The Balaban J connectivity index is 2.03. The minimum Gasteiger partial charge on any atom is -0.372 e. The summed E-state index contributed by atoms with van der Waals surface area (Å²) in [6.45, 7) is 4.29. The normalized spacial score (nSPS) is 14.7. The summed E-state index contributed by atoms with van der Waals surface area (Å²) in [5, 5.41) is 0. The van der Waals surface area contributed by atoms with Crippen molar-refractivity contribution in [1.29, 1.82) is 0 Å². The zero-order valence-corrected chi connectivity index (χ0v) is 13.7. The van der Waals surface area contributed by atoms with Crippen LogP contribution in [0, 0.1) is 0 Å². The topological polar surface area (TPSA) is 50.3 Å². The summed E-state index contributed by atoms with van der Waals surface area (Å²) >= 11 is 0. The molecule has 1 aliphatic rings. The molecule has 0 saturated carbocycles. The fraction of sp³-hybridized carbons (Fsp3) is 0.353. The third kappa shape index (κ3) is 2.86. The van der Waals surface area contributed by atoms with Gasteiger partial charge in [0, 0.05) is 43.0 Å². The van der Waals surface area contributed by atoms with E-state index in [4.69, 9.17) is 0 Å². The molecule has 3 rings (SSSR count). The molecule has 0 N–H and O–H groups in total. The number of aryl methyl sites for hydroxylation is 1. The number of hydrogen-bond acceptors (Lipinski definition) is 4. The maximum Gasteiger partial charge on any atom is 0.177 e. The second kappa shape index (κ2) is 5.72. The smallest absolute Gasteiger partial charge is 0.177 e. The fourth-order valence-electron chi connectivity index (χ4n) is 2.96. The Morgan fingerprint density at radius 1 is 1.18 bits per heavy atom. The van der Waals surface area contributed by atoms with Crippen LogP contribution in [-0.4, -0.2) is 32.7 Å². The van der Waals surface area contributed by atoms with Gasteiger partial charge in [0.2, 0.25) is 0 Å². The Kier molecular flexibility index (Phi) is 3.91. The van der Waals surface area contributed by atoms with Gasteiger partial charge in [0.15, 0.2) is 9.84 Å². The quantitative estimate of drug-likeness (QED) is 0.873. The van der Waals surface area contributed by atoms with Crippen molar-refractivity contribution in [3.05, 3.63) is 42.2 Å². The average Bonchev–Trinajstić information content (AvgIpc) is 2.53. The molecule has 0 unspecified atom stereocenters. The summed E-state index contributed by atoms with van der Waals surface area (Å²) in [6, 6.07) is 8.06. The van der Waals surface area contributed by atoms with Crippen LogP contribution in [0.2, 0.25) is 0 Å². The molecule has 0 fully saturated rings. The summed E-state index contributed by atoms with van der Waals surface area (Å²) in [6.07, 6.45) is 6.55. The van der Waals surface area contributed by atoms with E-state index < -0.39 is 9.84 Å². The van der Waals surface area contributed by atoms with Gasteiger partial charge in [-0.3, -0.25) is 4.98 Å². The van der Waals surface area contributed by atoms with Crippen LogP contribution in [-0.2, 0) is 16.3 Å². The lowest BCUT2D eigenvalue weighted by Crippen LogP contribution is -2.28. The highest BCUT2D eigenvalue weighted by atomic mass is 32.2. The zero-order chi connectivity index (χ0) is 15.7. The minimum absolute atomic E-state index is 0.262. The van der Waals surface area contributed by atoms with Crippen molar-refractivity contribution in [3.8, 4) is 11.1 Å². The Morgan fingerprint density at radius 3 is 2.73 bits per heavy atom. The monoisotopic (exact) mass is 316 g/mol. The third-order valence-corrected chi connectivity index (χ3v) is 5.23. The molecular formula is C17H20N2O2S. The van der Waals surface area contributed by atoms with Gasteiger partial charge in [-0.25, -0.2) is 8.42 Å². The Hall–Kier alpha value is -1.88. The predicted octanol–water partition coefficient (Wildman–Crippen LogP) is 2.92. The highest BCUT2D eigenvalue weighted by Crippen LogP contribution is 2.31. The van der Waals surface area contributed by atoms with E-state index in [-0.39, 0.29) is 4.90 Å². The van der Waals surface area contributed by atoms with Gasteiger partial charge in [0.25, 0.3) is 0 Å². The maximum atomic E-state index is 11.7. The van der Waals surface area contributed by atoms with Gasteiger partial charge in [-0.1, -0.05) is 6.07 Å². The summed E-state index contributed by atoms with van der Waals surface area (Å²) < 4.78 is 23.4. The van der Waals surface area contributed by atoms with Crippen molar-refractivity contribution >= 4 is 15.5 Å². The Morgan fingerprint density at radius 2 is 2.00 bits per heavy atom. The lowest BCUT2D eigenvalue weighted by molar-refractivity contribution is 0.601. The largest absolute Gasteiger partial charge is 0.372 e. The van der Waals surface area contributed by atoms with Crippen LogP contribution in [0.25, 0.3) is 11.1 Å². The average molecular weight is 316 g/mol. The highest BCUT2D eigenvalue weighted by molar-refractivity contribution is 7.90. The molecule has 0 amide bonds. The van der Waals surface area contributed by atoms with Gasteiger partial charge < -0.3 is 4.90 Å². The molecule has 0 saturated heterocycles. The van der Waals surface area contributed by atoms with Crippen LogP contribution < -0.4 is 4.90 Å². The first-order chi connectivity index (χ1) is 10.5. The number of nitrogens with zero attached hydrogens (tertiary/aromatic N) is 2. The second-order valence-electron chi connectivity index (χ2n) is 5.71. The third-order valence-electron chi connectivity index (χ3n) is 4.15. The van der Waals surface area contributed by atoms with Gasteiger partial charge in [-0.2, -0.15) is 0 Å². The molecule has 22 heavy (non-hydrogen) atoms. The molecule has 1 aromatic heterocycles. The fourth-order valence-corrected chi connectivity index (χ4v) is 3.56. The van der Waals surface area contributed by atoms with Crippen molar-refractivity contribution < 1.29 is 8.42 Å². The van der Waals surface area contributed by atoms with E-state index in [1.165, 1.54) is 23.7 Å². The van der Waals surface area contributed by atoms with Crippen LogP contribution in [0.5, 0.6) is 0 Å². The molecule has 2 heterocycles. The minimum atomic E-state index is -3.23. The predicted molar refractivity (Wildman–Crippen MR) is 89.0 cm³/mol. The number of aromatic nitrogens is 1. The van der Waals surface area contributed by atoms with E-state index in [1.807, 2.05) is 0 Å². The number of sulfone groups is 1. The first kappa shape index (κ1) is 15.0. The van der Waals surface area contributed by atoms with Crippen LogP contribution in [0.4, 0.5) is 5.69 Å². The molecule has 5 heteroatoms. The van der Waals surface area contributed by atoms with Gasteiger partial charge in [0.05, 0.1) is 4.90 Å². The Labute approximate surface area is 131 Å². The first-order valence-electron chi connectivity index (χ1n) is 7.52. The van der Waals surface area contributed by atoms with Crippen molar-refractivity contribution in [2.75, 3.05) is 24.2 Å². The summed E-state index contributed by atoms with van der Waals surface area (Å²) in [7, 11) is -3.23. The summed E-state index contributed by atoms with van der Waals surface area (Å²) in [5.74, 6) is 0. The summed E-state index contributed by atoms with van der Waals surface area (Å²) in [4.78, 5) is 6.73. The van der Waals surface area contributed by atoms with Crippen molar-refractivity contribution in [2.45, 2.75) is 24.7 Å². The molecule has 0 aliphatic carbocycles. The number of fused-ring (bicyclic) bond motifs is 1. The van der Waals surface area contributed by atoms with Crippen molar-refractivity contribution in [1.82, 2.24) is 4.98 Å². The van der Waals surface area contributed by atoms with Gasteiger partial charge in [-0.15, -0.1) is 0 Å². The molecule has 4 nitrogen and oxygen atoms in total. The summed E-state index contributed by atoms with van der Waals surface area (Å²) in [5.41, 5.74) is 4.49. The second-order valence-corrected chi connectivity index (χ2v) is 7.72. The Bertz CT molecular complexity index is 800. The molecule has 0 radical (unpaired) electrons. The van der Waals surface area contributed by atoms with Crippen LogP contribution >= 0.6 is 0 Å². The molecule has 2 aromatic rings. The van der Waals surface area contributed by atoms with Gasteiger partial charge >= 0.3 is 0 Å². The lowest BCUT2D eigenvalue weighted by atomic mass is 9.97. The van der Waals surface area contributed by atoms with Crippen LogP contribution in [0.3, 0.4) is 0 Å². The van der Waals surface area contributed by atoms with E-state index in [1.54, 1.807) is 12.3 Å². The molecule has 1 aliphatic heterocycles. The number of pyridine rings is 1. The number of rotatable bonds is 3. The highest BCUT2D eigenvalue weighted by Gasteiger charge is 2.16. The van der Waals surface area contributed by atoms with Crippen molar-refractivity contribution in [3.63, 3.8) is 0 Å². The number of hydrogen-bond donors (Lipinski definition) is 0. The number of benzene rings is 1. The molecule has 0 bridgehead atoms. The van der Waals surface area contributed by atoms with E-state index >= 15 is 0 Å². The molecule has 1 aromatic carbocycles. The van der Waals surface area contributed by atoms with Crippen LogP contribution in [0.15, 0.2) is 41.6 Å². The molecule has 116 valence electrons. The van der Waals surface area contributed by atoms with E-state index in [2.05, 4.69) is 35.0 Å². The maximum absolute atomic E-state index is 11.7. The number of anilines is 1. The lowest BCUT2D eigenvalue weighted by Gasteiger charge is -2.30. The molecular weight excluding hydrogens is 296 g/mol.